The summed E-state index contributed by atoms with van der Waals surface area (Å²) >= 11 is 0. The van der Waals surface area contributed by atoms with Gasteiger partial charge in [0.15, 0.2) is 5.92 Å². The Bertz CT molecular complexity index is 607. The summed E-state index contributed by atoms with van der Waals surface area (Å²) in [6.07, 6.45) is 0.446. The summed E-state index contributed by atoms with van der Waals surface area (Å²) in [4.78, 5) is 2.06. The van der Waals surface area contributed by atoms with Crippen molar-refractivity contribution < 1.29 is 0 Å². The maximum Gasteiger partial charge on any atom is 0.153 e. The minimum absolute atomic E-state index is 0.446. The molecule has 1 aromatic carbocycles. The largest absolute Gasteiger partial charge is 0.371 e. The molecule has 0 saturated carbocycles. The fraction of sp³-hybridized carbons (Fsp3) is 0.375. The van der Waals surface area contributed by atoms with Gasteiger partial charge in [-0.2, -0.15) is 21.0 Å². The minimum atomic E-state index is -0.971. The Morgan fingerprint density at radius 2 is 1.62 bits per heavy atom. The van der Waals surface area contributed by atoms with E-state index in [9.17, 15) is 0 Å². The normalized spacial score (nSPS) is 10.8. The highest BCUT2D eigenvalue weighted by atomic mass is 15.1. The molecule has 104 valence electrons. The summed E-state index contributed by atoms with van der Waals surface area (Å²) < 4.78 is 0. The highest BCUT2D eigenvalue weighted by Gasteiger charge is 2.22. The van der Waals surface area contributed by atoms with Crippen molar-refractivity contribution >= 4 is 5.69 Å². The first-order valence-corrected chi connectivity index (χ1v) is 6.62. The van der Waals surface area contributed by atoms with Crippen LogP contribution >= 0.6 is 0 Å². The summed E-state index contributed by atoms with van der Waals surface area (Å²) in [6.45, 7) is 3.43. The first-order chi connectivity index (χ1) is 10.2. The van der Waals surface area contributed by atoms with Crippen LogP contribution in [0.1, 0.15) is 24.8 Å². The summed E-state index contributed by atoms with van der Waals surface area (Å²) in [5, 5.41) is 35.6. The third-order valence-electron chi connectivity index (χ3n) is 3.24. The molecule has 1 unspecified atom stereocenters. The van der Waals surface area contributed by atoms with E-state index >= 15 is 0 Å². The van der Waals surface area contributed by atoms with Gasteiger partial charge in [-0.25, -0.2) is 0 Å². The number of hydrogen-bond donors (Lipinski definition) is 0. The second-order valence-corrected chi connectivity index (χ2v) is 4.42. The van der Waals surface area contributed by atoms with E-state index in [1.807, 2.05) is 37.3 Å². The van der Waals surface area contributed by atoms with Crippen LogP contribution in [0.2, 0.25) is 0 Å². The standard InChI is InChI=1S/C16H15N5/c1-2-21(9-3-8-17)15-6-4-13(5-7-15)16(12-20)14(10-18)11-19/h4-7,14,16H,2-3,9H2,1H3. The van der Waals surface area contributed by atoms with Crippen LogP contribution in [-0.2, 0) is 0 Å². The monoisotopic (exact) mass is 277 g/mol. The van der Waals surface area contributed by atoms with Gasteiger partial charge in [-0.05, 0) is 24.6 Å². The lowest BCUT2D eigenvalue weighted by atomic mass is 9.89. The lowest BCUT2D eigenvalue weighted by Gasteiger charge is -2.22. The van der Waals surface area contributed by atoms with Crippen LogP contribution in [0.5, 0.6) is 0 Å². The molecule has 5 nitrogen and oxygen atoms in total. The SMILES string of the molecule is CCN(CCC#N)c1ccc(C(C#N)C(C#N)C#N)cc1. The van der Waals surface area contributed by atoms with Gasteiger partial charge in [0, 0.05) is 18.8 Å². The fourth-order valence-electron chi connectivity index (χ4n) is 2.07. The quantitative estimate of drug-likeness (QED) is 0.796. The Hall–Kier alpha value is -3.02. The van der Waals surface area contributed by atoms with Crippen LogP contribution in [0.25, 0.3) is 0 Å². The zero-order valence-electron chi connectivity index (χ0n) is 11.8. The van der Waals surface area contributed by atoms with Gasteiger partial charge < -0.3 is 4.90 Å². The zero-order chi connectivity index (χ0) is 15.7. The molecule has 0 aliphatic carbocycles. The van der Waals surface area contributed by atoms with Crippen LogP contribution in [0.3, 0.4) is 0 Å². The van der Waals surface area contributed by atoms with Crippen molar-refractivity contribution in [1.29, 1.82) is 21.0 Å². The van der Waals surface area contributed by atoms with E-state index in [1.165, 1.54) is 0 Å². The predicted molar refractivity (Wildman–Crippen MR) is 77.6 cm³/mol. The number of rotatable bonds is 6. The first kappa shape index (κ1) is 16.0. The highest BCUT2D eigenvalue weighted by Crippen LogP contribution is 2.26. The van der Waals surface area contributed by atoms with Crippen molar-refractivity contribution in [2.75, 3.05) is 18.0 Å². The lowest BCUT2D eigenvalue weighted by Crippen LogP contribution is -2.23. The number of benzene rings is 1. The van der Waals surface area contributed by atoms with E-state index in [4.69, 9.17) is 21.0 Å². The van der Waals surface area contributed by atoms with Gasteiger partial charge >= 0.3 is 0 Å². The summed E-state index contributed by atoms with van der Waals surface area (Å²) in [7, 11) is 0. The van der Waals surface area contributed by atoms with Gasteiger partial charge in [0.2, 0.25) is 0 Å². The van der Waals surface area contributed by atoms with Crippen LogP contribution in [0, 0.1) is 51.2 Å². The van der Waals surface area contributed by atoms with Gasteiger partial charge in [-0.1, -0.05) is 12.1 Å². The van der Waals surface area contributed by atoms with Crippen LogP contribution in [-0.4, -0.2) is 13.1 Å². The van der Waals surface area contributed by atoms with E-state index in [0.717, 1.165) is 12.2 Å². The molecule has 0 aromatic heterocycles. The molecule has 0 bridgehead atoms. The van der Waals surface area contributed by atoms with E-state index in [0.29, 0.717) is 18.5 Å². The van der Waals surface area contributed by atoms with E-state index < -0.39 is 11.8 Å². The van der Waals surface area contributed by atoms with Gasteiger partial charge in [0.1, 0.15) is 5.92 Å². The van der Waals surface area contributed by atoms with Crippen molar-refractivity contribution in [3.63, 3.8) is 0 Å². The third-order valence-corrected chi connectivity index (χ3v) is 3.24. The Kier molecular flexibility index (Phi) is 6.27. The predicted octanol–water partition coefficient (Wildman–Crippen LogP) is 2.70. The van der Waals surface area contributed by atoms with E-state index in [1.54, 1.807) is 12.1 Å². The molecule has 0 aliphatic heterocycles. The summed E-state index contributed by atoms with van der Waals surface area (Å²) in [6, 6.07) is 15.1. The first-order valence-electron chi connectivity index (χ1n) is 6.62. The average molecular weight is 277 g/mol. The molecule has 0 N–H and O–H groups in total. The second kappa shape index (κ2) is 8.21. The van der Waals surface area contributed by atoms with Gasteiger partial charge in [-0.3, -0.25) is 0 Å². The summed E-state index contributed by atoms with van der Waals surface area (Å²) in [5.41, 5.74) is 1.62. The van der Waals surface area contributed by atoms with Gasteiger partial charge in [-0.15, -0.1) is 0 Å². The zero-order valence-corrected chi connectivity index (χ0v) is 11.8. The van der Waals surface area contributed by atoms with Crippen molar-refractivity contribution in [2.45, 2.75) is 19.3 Å². The maximum absolute atomic E-state index is 9.15. The van der Waals surface area contributed by atoms with Crippen LogP contribution < -0.4 is 4.90 Å². The van der Waals surface area contributed by atoms with Gasteiger partial charge in [0.25, 0.3) is 0 Å². The lowest BCUT2D eigenvalue weighted by molar-refractivity contribution is 0.744. The topological polar surface area (TPSA) is 98.4 Å². The highest BCUT2D eigenvalue weighted by molar-refractivity contribution is 5.49. The molecule has 0 fully saturated rings. The van der Waals surface area contributed by atoms with Crippen molar-refractivity contribution in [1.82, 2.24) is 0 Å². The van der Waals surface area contributed by atoms with E-state index in [2.05, 4.69) is 11.0 Å². The minimum Gasteiger partial charge on any atom is -0.371 e. The Labute approximate surface area is 124 Å². The van der Waals surface area contributed by atoms with Crippen LogP contribution in [0.15, 0.2) is 24.3 Å². The molecular formula is C16H15N5. The molecule has 5 heteroatoms. The molecule has 1 aromatic rings. The smallest absolute Gasteiger partial charge is 0.153 e. The molecule has 0 radical (unpaired) electrons. The summed E-state index contributed by atoms with van der Waals surface area (Å²) in [5.74, 6) is -1.72. The molecule has 0 saturated heterocycles. The average Bonchev–Trinajstić information content (AvgIpc) is 2.54. The van der Waals surface area contributed by atoms with Crippen molar-refractivity contribution in [3.8, 4) is 24.3 Å². The Morgan fingerprint density at radius 3 is 2.05 bits per heavy atom. The van der Waals surface area contributed by atoms with Gasteiger partial charge in [0.05, 0.1) is 30.7 Å². The molecule has 0 amide bonds. The molecular weight excluding hydrogens is 262 g/mol. The number of nitriles is 4. The number of nitrogens with zero attached hydrogens (tertiary/aromatic N) is 5. The second-order valence-electron chi connectivity index (χ2n) is 4.42. The molecule has 0 aliphatic rings. The molecule has 1 atom stereocenters. The molecule has 0 heterocycles. The van der Waals surface area contributed by atoms with E-state index in [-0.39, 0.29) is 0 Å². The molecule has 1 rings (SSSR count). The Morgan fingerprint density at radius 1 is 1.00 bits per heavy atom. The van der Waals surface area contributed by atoms with Crippen molar-refractivity contribution in [3.05, 3.63) is 29.8 Å². The van der Waals surface area contributed by atoms with Crippen molar-refractivity contribution in [2.24, 2.45) is 5.92 Å². The molecule has 21 heavy (non-hydrogen) atoms. The Balaban J connectivity index is 2.97. The number of anilines is 1. The molecule has 0 spiro atoms. The number of hydrogen-bond acceptors (Lipinski definition) is 5. The maximum atomic E-state index is 9.15. The van der Waals surface area contributed by atoms with Crippen LogP contribution in [0.4, 0.5) is 5.69 Å². The third kappa shape index (κ3) is 3.97. The fourth-order valence-corrected chi connectivity index (χ4v) is 2.07.